The first-order chi connectivity index (χ1) is 25.6. The molecule has 2 aromatic heterocycles. The first kappa shape index (κ1) is 36.3. The molecule has 1 fully saturated rings. The molecule has 4 heterocycles. The number of carboxylic acids is 1. The number of carbonyl (C=O) groups is 3. The second-order valence-corrected chi connectivity index (χ2v) is 14.7. The van der Waals surface area contributed by atoms with Crippen LogP contribution in [0.4, 0.5) is 11.4 Å². The Labute approximate surface area is 313 Å². The Morgan fingerprint density at radius 1 is 0.849 bits per heavy atom. The maximum Gasteiger partial charge on any atom is 0.306 e. The Morgan fingerprint density at radius 3 is 1.98 bits per heavy atom. The van der Waals surface area contributed by atoms with Gasteiger partial charge in [0.05, 0.1) is 39.3 Å². The summed E-state index contributed by atoms with van der Waals surface area (Å²) >= 11 is 6.92. The topological polar surface area (TPSA) is 161 Å². The number of carboxylic acid groups (broad SMARTS) is 1. The molecule has 3 N–H and O–H groups in total. The Hall–Kier alpha value is -5.03. The summed E-state index contributed by atoms with van der Waals surface area (Å²) in [6.45, 7) is 7.00. The number of amides is 2. The Bertz CT molecular complexity index is 2120. The maximum absolute atomic E-state index is 13.7. The molecule has 4 aromatic rings. The number of likely N-dealkylation sites (N-methyl/N-ethyl adjacent to an activating group) is 1. The van der Waals surface area contributed by atoms with Crippen LogP contribution in [0.25, 0.3) is 11.1 Å². The number of hydrogen-bond acceptors (Lipinski definition) is 8. The van der Waals surface area contributed by atoms with Gasteiger partial charge in [-0.25, -0.2) is 9.97 Å². The van der Waals surface area contributed by atoms with Gasteiger partial charge in [0.25, 0.3) is 11.8 Å². The number of aromatic nitrogens is 4. The van der Waals surface area contributed by atoms with Crippen LogP contribution in [-0.4, -0.2) is 78.0 Å². The minimum atomic E-state index is -0.694. The van der Waals surface area contributed by atoms with E-state index in [1.807, 2.05) is 23.2 Å². The van der Waals surface area contributed by atoms with Crippen molar-refractivity contribution in [2.45, 2.75) is 58.5 Å². The van der Waals surface area contributed by atoms with Crippen molar-refractivity contribution in [2.24, 2.45) is 25.9 Å². The summed E-state index contributed by atoms with van der Waals surface area (Å²) in [5, 5.41) is 25.8. The first-order valence-electron chi connectivity index (χ1n) is 18.3. The summed E-state index contributed by atoms with van der Waals surface area (Å²) in [4.78, 5) is 52.6. The van der Waals surface area contributed by atoms with Crippen molar-refractivity contribution >= 4 is 40.8 Å². The minimum Gasteiger partial charge on any atom is -0.481 e. The van der Waals surface area contributed by atoms with Gasteiger partial charge in [0.15, 0.2) is 11.6 Å². The highest BCUT2D eigenvalue weighted by molar-refractivity contribution is 6.36. The third-order valence-corrected chi connectivity index (χ3v) is 11.6. The fourth-order valence-corrected chi connectivity index (χ4v) is 8.42. The lowest BCUT2D eigenvalue weighted by Gasteiger charge is -2.33. The molecule has 3 aliphatic rings. The minimum absolute atomic E-state index is 0.228. The lowest BCUT2D eigenvalue weighted by Crippen LogP contribution is -2.36. The number of nitrogens with zero attached hydrogens (tertiary/aromatic N) is 7. The van der Waals surface area contributed by atoms with Gasteiger partial charge in [0.1, 0.15) is 6.07 Å². The highest BCUT2D eigenvalue weighted by Crippen LogP contribution is 2.38. The van der Waals surface area contributed by atoms with Crippen LogP contribution in [0, 0.1) is 23.2 Å². The average Bonchev–Trinajstić information content (AvgIpc) is 3.67. The van der Waals surface area contributed by atoms with Crippen LogP contribution in [0.3, 0.4) is 0 Å². The number of halogens is 1. The van der Waals surface area contributed by atoms with Gasteiger partial charge in [-0.1, -0.05) is 42.8 Å². The number of nitrogens with one attached hydrogen (secondary N) is 2. The summed E-state index contributed by atoms with van der Waals surface area (Å²) < 4.78 is 3.68. The van der Waals surface area contributed by atoms with Crippen LogP contribution in [0.1, 0.15) is 82.2 Å². The highest BCUT2D eigenvalue weighted by Gasteiger charge is 2.31. The van der Waals surface area contributed by atoms with Crippen molar-refractivity contribution < 1.29 is 19.5 Å². The van der Waals surface area contributed by atoms with E-state index in [2.05, 4.69) is 38.4 Å². The van der Waals surface area contributed by atoms with Gasteiger partial charge in [0.2, 0.25) is 0 Å². The molecule has 1 saturated carbocycles. The molecule has 276 valence electrons. The van der Waals surface area contributed by atoms with Crippen molar-refractivity contribution in [1.82, 2.24) is 28.9 Å². The van der Waals surface area contributed by atoms with Gasteiger partial charge in [-0.15, -0.1) is 0 Å². The molecule has 0 unspecified atom stereocenters. The molecule has 2 aliphatic heterocycles. The summed E-state index contributed by atoms with van der Waals surface area (Å²) in [6.07, 6.45) is 4.83. The van der Waals surface area contributed by atoms with E-state index in [0.717, 1.165) is 87.5 Å². The van der Waals surface area contributed by atoms with Crippen LogP contribution in [-0.2, 0) is 44.8 Å². The van der Waals surface area contributed by atoms with E-state index < -0.39 is 11.9 Å². The molecular formula is C39H44ClN9O4. The second-order valence-electron chi connectivity index (χ2n) is 14.4. The van der Waals surface area contributed by atoms with Gasteiger partial charge >= 0.3 is 5.97 Å². The number of fused-ring (bicyclic) bond motifs is 2. The molecule has 0 bridgehead atoms. The second kappa shape index (κ2) is 15.1. The number of aliphatic carboxylic acids is 1. The number of rotatable bonds is 9. The van der Waals surface area contributed by atoms with Crippen molar-refractivity contribution in [3.8, 4) is 17.2 Å². The molecule has 53 heavy (non-hydrogen) atoms. The number of hydrogen-bond donors (Lipinski definition) is 3. The largest absolute Gasteiger partial charge is 0.481 e. The first-order valence-corrected chi connectivity index (χ1v) is 18.6. The highest BCUT2D eigenvalue weighted by atomic mass is 35.5. The standard InChI is InChI=1S/C39H44ClN9O4/c1-4-48-17-15-32-30(21-48)42-36(46(32)2)38(51)45-29-10-6-8-26(34(29)40)25-7-5-9-28(27(25)19-41)44-37(50)35-43-31-22-49(18-16-33(31)47(35)3)20-23-11-13-24(14-12-23)39(52)53/h5-10,23-24H,4,11-18,20-22H2,1-3H3,(H,44,50)(H,45,51)(H,52,53). The molecule has 0 radical (unpaired) electrons. The van der Waals surface area contributed by atoms with E-state index in [1.54, 1.807) is 36.4 Å². The summed E-state index contributed by atoms with van der Waals surface area (Å²) in [7, 11) is 3.69. The number of nitriles is 1. The van der Waals surface area contributed by atoms with E-state index in [1.165, 1.54) is 0 Å². The molecule has 1 aliphatic carbocycles. The van der Waals surface area contributed by atoms with Gasteiger partial charge in [-0.2, -0.15) is 5.26 Å². The van der Waals surface area contributed by atoms with Crippen molar-refractivity contribution in [1.29, 1.82) is 5.26 Å². The third-order valence-electron chi connectivity index (χ3n) is 11.2. The molecule has 0 atom stereocenters. The molecule has 14 heteroatoms. The van der Waals surface area contributed by atoms with Crippen LogP contribution >= 0.6 is 11.6 Å². The average molecular weight is 738 g/mol. The number of carbonyl (C=O) groups excluding carboxylic acids is 2. The molecule has 0 saturated heterocycles. The van der Waals surface area contributed by atoms with E-state index in [9.17, 15) is 24.8 Å². The smallest absolute Gasteiger partial charge is 0.306 e. The van der Waals surface area contributed by atoms with Gasteiger partial charge < -0.3 is 24.9 Å². The Morgan fingerprint density at radius 2 is 1.40 bits per heavy atom. The van der Waals surface area contributed by atoms with E-state index in [-0.39, 0.29) is 28.2 Å². The van der Waals surface area contributed by atoms with Crippen molar-refractivity contribution in [3.63, 3.8) is 0 Å². The maximum atomic E-state index is 13.7. The lowest BCUT2D eigenvalue weighted by atomic mass is 9.81. The quantitative estimate of drug-likeness (QED) is 0.202. The SMILES string of the molecule is CCN1CCc2c(nc(C(=O)Nc3cccc(-c4cccc(NC(=O)c5nc6c(n5C)CCN(CC5CCC(C(=O)O)CC5)C6)c4C#N)c3Cl)n2C)C1. The summed E-state index contributed by atoms with van der Waals surface area (Å²) in [5.74, 6) is -0.714. The Balaban J connectivity index is 1.06. The van der Waals surface area contributed by atoms with Crippen LogP contribution in [0.5, 0.6) is 0 Å². The van der Waals surface area contributed by atoms with E-state index in [4.69, 9.17) is 16.6 Å². The summed E-state index contributed by atoms with van der Waals surface area (Å²) in [5.41, 5.74) is 5.79. The monoisotopic (exact) mass is 737 g/mol. The summed E-state index contributed by atoms with van der Waals surface area (Å²) in [6, 6.07) is 12.7. The molecule has 2 aromatic carbocycles. The van der Waals surface area contributed by atoms with Crippen LogP contribution in [0.15, 0.2) is 36.4 Å². The molecule has 13 nitrogen and oxygen atoms in total. The van der Waals surface area contributed by atoms with E-state index >= 15 is 0 Å². The van der Waals surface area contributed by atoms with Crippen LogP contribution < -0.4 is 10.6 Å². The third kappa shape index (κ3) is 7.19. The van der Waals surface area contributed by atoms with Gasteiger partial charge in [-0.3, -0.25) is 24.2 Å². The lowest BCUT2D eigenvalue weighted by molar-refractivity contribution is -0.143. The normalized spacial score (nSPS) is 18.8. The molecule has 7 rings (SSSR count). The van der Waals surface area contributed by atoms with Crippen LogP contribution in [0.2, 0.25) is 5.02 Å². The predicted molar refractivity (Wildman–Crippen MR) is 201 cm³/mol. The number of anilines is 2. The zero-order valence-electron chi connectivity index (χ0n) is 30.3. The van der Waals surface area contributed by atoms with E-state index in [0.29, 0.717) is 47.3 Å². The number of benzene rings is 2. The molecule has 2 amide bonds. The number of imidazole rings is 2. The molecule has 0 spiro atoms. The Kier molecular flexibility index (Phi) is 10.4. The predicted octanol–water partition coefficient (Wildman–Crippen LogP) is 5.48. The molecular weight excluding hydrogens is 694 g/mol. The zero-order valence-corrected chi connectivity index (χ0v) is 31.0. The van der Waals surface area contributed by atoms with Crippen molar-refractivity contribution in [2.75, 3.05) is 36.8 Å². The fourth-order valence-electron chi connectivity index (χ4n) is 8.15. The zero-order chi connectivity index (χ0) is 37.4. The fraction of sp³-hybridized carbons (Fsp3) is 0.436. The van der Waals surface area contributed by atoms with Gasteiger partial charge in [0, 0.05) is 82.2 Å². The van der Waals surface area contributed by atoms with Gasteiger partial charge in [-0.05, 0) is 50.3 Å². The van der Waals surface area contributed by atoms with Crippen molar-refractivity contribution in [3.05, 3.63) is 81.4 Å².